The molecule has 0 bridgehead atoms. The third-order valence-corrected chi connectivity index (χ3v) is 5.76. The van der Waals surface area contributed by atoms with E-state index in [4.69, 9.17) is 4.42 Å². The second-order valence-corrected chi connectivity index (χ2v) is 8.19. The van der Waals surface area contributed by atoms with Gasteiger partial charge in [-0.25, -0.2) is 12.8 Å². The van der Waals surface area contributed by atoms with Gasteiger partial charge in [0.25, 0.3) is 0 Å². The van der Waals surface area contributed by atoms with Crippen molar-refractivity contribution in [3.8, 4) is 0 Å². The molecule has 0 spiro atoms. The highest BCUT2D eigenvalue weighted by molar-refractivity contribution is 7.89. The molecule has 0 unspecified atom stereocenters. The molecule has 146 valence electrons. The van der Waals surface area contributed by atoms with E-state index in [0.29, 0.717) is 5.76 Å². The average molecular weight is 394 g/mol. The molecule has 1 aromatic carbocycles. The number of hydrogen-bond acceptors (Lipinski definition) is 4. The molecule has 1 aromatic heterocycles. The van der Waals surface area contributed by atoms with Crippen molar-refractivity contribution in [2.24, 2.45) is 0 Å². The fraction of sp³-hybridized carbons (Fsp3) is 0.316. The van der Waals surface area contributed by atoms with E-state index in [1.807, 2.05) is 0 Å². The highest BCUT2D eigenvalue weighted by atomic mass is 32.2. The van der Waals surface area contributed by atoms with E-state index in [1.54, 1.807) is 24.3 Å². The van der Waals surface area contributed by atoms with Gasteiger partial charge in [0.05, 0.1) is 25.1 Å². The number of sulfonamides is 1. The number of rotatable bonds is 10. The second kappa shape index (κ2) is 9.48. The van der Waals surface area contributed by atoms with Crippen LogP contribution in [-0.2, 0) is 27.9 Å². The molecule has 0 aliphatic carbocycles. The summed E-state index contributed by atoms with van der Waals surface area (Å²) in [6.45, 7) is 5.21. The Labute approximate surface area is 158 Å². The number of amides is 1. The molecule has 0 fully saturated rings. The van der Waals surface area contributed by atoms with Crippen LogP contribution in [0.15, 0.2) is 59.7 Å². The maximum Gasteiger partial charge on any atom is 0.238 e. The Kier molecular flexibility index (Phi) is 7.32. The first-order valence-electron chi connectivity index (χ1n) is 8.49. The molecule has 0 saturated carbocycles. The van der Waals surface area contributed by atoms with Gasteiger partial charge < -0.3 is 9.32 Å². The summed E-state index contributed by atoms with van der Waals surface area (Å²) in [7, 11) is -3.55. The Morgan fingerprint density at radius 1 is 1.22 bits per heavy atom. The number of benzene rings is 1. The van der Waals surface area contributed by atoms with Gasteiger partial charge in [-0.15, -0.1) is 6.58 Å². The fourth-order valence-corrected chi connectivity index (χ4v) is 3.49. The molecule has 0 aliphatic heterocycles. The Hall–Kier alpha value is -2.45. The van der Waals surface area contributed by atoms with Crippen LogP contribution in [0.3, 0.4) is 0 Å². The average Bonchev–Trinajstić information content (AvgIpc) is 3.15. The normalized spacial score (nSPS) is 11.5. The van der Waals surface area contributed by atoms with Crippen LogP contribution in [0.2, 0.25) is 0 Å². The van der Waals surface area contributed by atoms with E-state index in [1.165, 1.54) is 36.3 Å². The van der Waals surface area contributed by atoms with Crippen LogP contribution in [0.4, 0.5) is 4.39 Å². The van der Waals surface area contributed by atoms with E-state index >= 15 is 0 Å². The van der Waals surface area contributed by atoms with Crippen molar-refractivity contribution in [3.63, 3.8) is 0 Å². The summed E-state index contributed by atoms with van der Waals surface area (Å²) >= 11 is 0. The van der Waals surface area contributed by atoms with Gasteiger partial charge in [-0.3, -0.25) is 4.79 Å². The Bertz CT molecular complexity index is 848. The topological polar surface area (TPSA) is 70.8 Å². The van der Waals surface area contributed by atoms with Crippen LogP contribution in [0.25, 0.3) is 0 Å². The number of hydrogen-bond donors (Lipinski definition) is 0. The molecule has 8 heteroatoms. The van der Waals surface area contributed by atoms with Crippen LogP contribution in [0.5, 0.6) is 0 Å². The van der Waals surface area contributed by atoms with Gasteiger partial charge in [-0.05, 0) is 36.8 Å². The summed E-state index contributed by atoms with van der Waals surface area (Å²) in [5, 5.41) is 0. The summed E-state index contributed by atoms with van der Waals surface area (Å²) in [5.74, 6) is -0.285. The summed E-state index contributed by atoms with van der Waals surface area (Å²) in [5.41, 5.74) is 0.727. The molecule has 2 rings (SSSR count). The predicted octanol–water partition coefficient (Wildman–Crippen LogP) is 2.79. The van der Waals surface area contributed by atoms with Crippen LogP contribution >= 0.6 is 0 Å². The molecule has 6 nitrogen and oxygen atoms in total. The number of halogens is 1. The minimum atomic E-state index is -3.55. The number of carbonyl (C=O) groups excluding carboxylic acids is 1. The molecule has 27 heavy (non-hydrogen) atoms. The van der Waals surface area contributed by atoms with Crippen molar-refractivity contribution in [1.82, 2.24) is 9.21 Å². The molecule has 0 saturated heterocycles. The molecule has 1 amide bonds. The SMILES string of the molecule is C=CCN(CC(=O)N(Cc1ccc(F)cc1)Cc1ccco1)S(=O)(=O)CC. The maximum atomic E-state index is 13.1. The first kappa shape index (κ1) is 20.9. The summed E-state index contributed by atoms with van der Waals surface area (Å²) < 4.78 is 44.0. The lowest BCUT2D eigenvalue weighted by Crippen LogP contribution is -2.43. The van der Waals surface area contributed by atoms with Crippen LogP contribution < -0.4 is 0 Å². The highest BCUT2D eigenvalue weighted by Crippen LogP contribution is 2.13. The van der Waals surface area contributed by atoms with Gasteiger partial charge in [0.2, 0.25) is 15.9 Å². The van der Waals surface area contributed by atoms with E-state index in [2.05, 4.69) is 6.58 Å². The van der Waals surface area contributed by atoms with Crippen molar-refractivity contribution < 1.29 is 22.0 Å². The van der Waals surface area contributed by atoms with Crippen molar-refractivity contribution >= 4 is 15.9 Å². The van der Waals surface area contributed by atoms with Gasteiger partial charge in [0.1, 0.15) is 11.6 Å². The zero-order valence-electron chi connectivity index (χ0n) is 15.2. The zero-order chi connectivity index (χ0) is 19.9. The van der Waals surface area contributed by atoms with E-state index in [9.17, 15) is 17.6 Å². The monoisotopic (exact) mass is 394 g/mol. The predicted molar refractivity (Wildman–Crippen MR) is 101 cm³/mol. The first-order valence-corrected chi connectivity index (χ1v) is 10.1. The van der Waals surface area contributed by atoms with Gasteiger partial charge in [0, 0.05) is 13.1 Å². The summed E-state index contributed by atoms with van der Waals surface area (Å²) in [6, 6.07) is 9.24. The maximum absolute atomic E-state index is 13.1. The Balaban J connectivity index is 2.21. The van der Waals surface area contributed by atoms with Crippen molar-refractivity contribution in [1.29, 1.82) is 0 Å². The fourth-order valence-electron chi connectivity index (χ4n) is 2.49. The molecule has 0 N–H and O–H groups in total. The number of carbonyl (C=O) groups is 1. The van der Waals surface area contributed by atoms with Crippen LogP contribution in [-0.4, -0.2) is 42.4 Å². The molecule has 2 aromatic rings. The third-order valence-electron chi connectivity index (χ3n) is 3.97. The third kappa shape index (κ3) is 6.04. The van der Waals surface area contributed by atoms with Crippen molar-refractivity contribution in [2.45, 2.75) is 20.0 Å². The van der Waals surface area contributed by atoms with Gasteiger partial charge in [-0.1, -0.05) is 18.2 Å². The van der Waals surface area contributed by atoms with Gasteiger partial charge in [0.15, 0.2) is 0 Å². The van der Waals surface area contributed by atoms with Crippen LogP contribution in [0, 0.1) is 5.82 Å². The minimum absolute atomic E-state index is 0.0487. The molecular weight excluding hydrogens is 371 g/mol. The first-order chi connectivity index (χ1) is 12.9. The zero-order valence-corrected chi connectivity index (χ0v) is 16.0. The van der Waals surface area contributed by atoms with E-state index in [0.717, 1.165) is 9.87 Å². The standard InChI is InChI=1S/C19H23FN2O4S/c1-3-11-22(27(24,25)4-2)15-19(23)21(14-18-6-5-12-26-18)13-16-7-9-17(20)10-8-16/h3,5-10,12H,1,4,11,13-15H2,2H3. The molecule has 0 atom stereocenters. The second-order valence-electron chi connectivity index (χ2n) is 5.94. The largest absolute Gasteiger partial charge is 0.467 e. The lowest BCUT2D eigenvalue weighted by Gasteiger charge is -2.26. The van der Waals surface area contributed by atoms with Gasteiger partial charge in [-0.2, -0.15) is 4.31 Å². The van der Waals surface area contributed by atoms with E-state index < -0.39 is 10.0 Å². The lowest BCUT2D eigenvalue weighted by molar-refractivity contribution is -0.132. The Morgan fingerprint density at radius 3 is 2.48 bits per heavy atom. The molecular formula is C19H23FN2O4S. The molecule has 0 radical (unpaired) electrons. The summed E-state index contributed by atoms with van der Waals surface area (Å²) in [4.78, 5) is 14.3. The summed E-state index contributed by atoms with van der Waals surface area (Å²) in [6.07, 6.45) is 2.94. The number of nitrogens with zero attached hydrogens (tertiary/aromatic N) is 2. The smallest absolute Gasteiger partial charge is 0.238 e. The van der Waals surface area contributed by atoms with Crippen molar-refractivity contribution in [3.05, 3.63) is 72.5 Å². The quantitative estimate of drug-likeness (QED) is 0.581. The van der Waals surface area contributed by atoms with Gasteiger partial charge >= 0.3 is 0 Å². The molecule has 1 heterocycles. The van der Waals surface area contributed by atoms with E-state index in [-0.39, 0.29) is 43.7 Å². The molecule has 0 aliphatic rings. The van der Waals surface area contributed by atoms with Crippen molar-refractivity contribution in [2.75, 3.05) is 18.8 Å². The van der Waals surface area contributed by atoms with Crippen LogP contribution in [0.1, 0.15) is 18.2 Å². The Morgan fingerprint density at radius 2 is 1.93 bits per heavy atom. The lowest BCUT2D eigenvalue weighted by atomic mass is 10.2. The minimum Gasteiger partial charge on any atom is -0.467 e. The highest BCUT2D eigenvalue weighted by Gasteiger charge is 2.25. The number of furan rings is 1.